The van der Waals surface area contributed by atoms with Gasteiger partial charge >= 0.3 is 0 Å². The second kappa shape index (κ2) is 10.1. The standard InChI is InChI=1S/C27H32N2O4/c1-4-5-6-7-8-9-14-29-26(30)24(21-12-10-18(2)15-19(21)3)25(27(29)31)28-20-11-13-22-23(16-20)33-17-32-22/h10-13,15-16,28H,4-9,14,17H2,1-3H3. The molecule has 0 spiro atoms. The number of hydrogen-bond acceptors (Lipinski definition) is 5. The highest BCUT2D eigenvalue weighted by Gasteiger charge is 2.39. The lowest BCUT2D eigenvalue weighted by Gasteiger charge is -2.15. The number of rotatable bonds is 10. The zero-order valence-electron chi connectivity index (χ0n) is 19.7. The molecule has 2 aliphatic heterocycles. The Labute approximate surface area is 195 Å². The van der Waals surface area contributed by atoms with Crippen LogP contribution in [0.4, 0.5) is 5.69 Å². The first-order valence-corrected chi connectivity index (χ1v) is 11.8. The maximum Gasteiger partial charge on any atom is 0.278 e. The van der Waals surface area contributed by atoms with Gasteiger partial charge in [0.2, 0.25) is 6.79 Å². The van der Waals surface area contributed by atoms with E-state index in [1.165, 1.54) is 24.2 Å². The summed E-state index contributed by atoms with van der Waals surface area (Å²) < 4.78 is 10.9. The maximum absolute atomic E-state index is 13.5. The molecule has 6 nitrogen and oxygen atoms in total. The van der Waals surface area contributed by atoms with Gasteiger partial charge in [-0.1, -0.05) is 62.8 Å². The lowest BCUT2D eigenvalue weighted by atomic mass is 9.97. The molecule has 0 saturated carbocycles. The molecule has 0 unspecified atom stereocenters. The fourth-order valence-corrected chi connectivity index (χ4v) is 4.41. The highest BCUT2D eigenvalue weighted by atomic mass is 16.7. The number of unbranched alkanes of at least 4 members (excludes halogenated alkanes) is 5. The Bertz CT molecular complexity index is 1090. The summed E-state index contributed by atoms with van der Waals surface area (Å²) in [5, 5.41) is 3.22. The summed E-state index contributed by atoms with van der Waals surface area (Å²) in [6.45, 7) is 6.80. The SMILES string of the molecule is CCCCCCCCN1C(=O)C(Nc2ccc3c(c2)OCO3)=C(c2ccc(C)cc2C)C1=O. The van der Waals surface area contributed by atoms with Crippen LogP contribution < -0.4 is 14.8 Å². The van der Waals surface area contributed by atoms with E-state index in [1.54, 1.807) is 12.1 Å². The molecule has 0 saturated heterocycles. The number of nitrogens with one attached hydrogen (secondary N) is 1. The number of imide groups is 1. The third kappa shape index (κ3) is 4.90. The van der Waals surface area contributed by atoms with Gasteiger partial charge in [0.15, 0.2) is 11.5 Å². The zero-order valence-corrected chi connectivity index (χ0v) is 19.7. The molecule has 2 aromatic rings. The van der Waals surface area contributed by atoms with Gasteiger partial charge in [-0.3, -0.25) is 14.5 Å². The predicted octanol–water partition coefficient (Wildman–Crippen LogP) is 5.58. The summed E-state index contributed by atoms with van der Waals surface area (Å²) in [5.41, 5.74) is 4.30. The topological polar surface area (TPSA) is 67.9 Å². The van der Waals surface area contributed by atoms with E-state index >= 15 is 0 Å². The largest absolute Gasteiger partial charge is 0.454 e. The number of ether oxygens (including phenoxy) is 2. The molecule has 0 bridgehead atoms. The molecule has 0 aliphatic carbocycles. The summed E-state index contributed by atoms with van der Waals surface area (Å²) in [5.74, 6) is 0.780. The Kier molecular flexibility index (Phi) is 7.02. The fraction of sp³-hybridized carbons (Fsp3) is 0.407. The summed E-state index contributed by atoms with van der Waals surface area (Å²) in [6.07, 6.45) is 6.58. The van der Waals surface area contributed by atoms with Crippen molar-refractivity contribution in [3.63, 3.8) is 0 Å². The molecule has 2 aliphatic rings. The van der Waals surface area contributed by atoms with Gasteiger partial charge in [-0.2, -0.15) is 0 Å². The maximum atomic E-state index is 13.5. The average Bonchev–Trinajstić information content (AvgIpc) is 3.34. The van der Waals surface area contributed by atoms with E-state index in [0.29, 0.717) is 35.0 Å². The predicted molar refractivity (Wildman–Crippen MR) is 129 cm³/mol. The van der Waals surface area contributed by atoms with Gasteiger partial charge in [-0.05, 0) is 43.5 Å². The molecular weight excluding hydrogens is 416 g/mol. The lowest BCUT2D eigenvalue weighted by Crippen LogP contribution is -2.33. The van der Waals surface area contributed by atoms with Gasteiger partial charge < -0.3 is 14.8 Å². The van der Waals surface area contributed by atoms with Gasteiger partial charge in [0.1, 0.15) is 5.70 Å². The molecule has 0 atom stereocenters. The van der Waals surface area contributed by atoms with E-state index in [1.807, 2.05) is 38.1 Å². The minimum atomic E-state index is -0.277. The first kappa shape index (κ1) is 22.9. The van der Waals surface area contributed by atoms with Crippen LogP contribution in [0.1, 0.15) is 62.1 Å². The Hall–Kier alpha value is -3.28. The Morgan fingerprint density at radius 2 is 1.64 bits per heavy atom. The third-order valence-electron chi connectivity index (χ3n) is 6.20. The smallest absolute Gasteiger partial charge is 0.278 e. The van der Waals surface area contributed by atoms with Crippen molar-refractivity contribution in [2.45, 2.75) is 59.3 Å². The number of nitrogens with zero attached hydrogens (tertiary/aromatic N) is 1. The van der Waals surface area contributed by atoms with E-state index in [9.17, 15) is 9.59 Å². The number of amides is 2. The van der Waals surface area contributed by atoms with Crippen LogP contribution in [0.25, 0.3) is 5.57 Å². The van der Waals surface area contributed by atoms with E-state index < -0.39 is 0 Å². The van der Waals surface area contributed by atoms with Crippen molar-refractivity contribution in [3.05, 3.63) is 58.8 Å². The van der Waals surface area contributed by atoms with Crippen LogP contribution in [-0.2, 0) is 9.59 Å². The minimum absolute atomic E-state index is 0.179. The summed E-state index contributed by atoms with van der Waals surface area (Å²) in [4.78, 5) is 28.3. The van der Waals surface area contributed by atoms with Gasteiger partial charge in [-0.15, -0.1) is 0 Å². The minimum Gasteiger partial charge on any atom is -0.454 e. The van der Waals surface area contributed by atoms with Crippen LogP contribution in [0.2, 0.25) is 0 Å². The number of anilines is 1. The molecule has 1 N–H and O–H groups in total. The monoisotopic (exact) mass is 448 g/mol. The number of hydrogen-bond donors (Lipinski definition) is 1. The van der Waals surface area contributed by atoms with Crippen LogP contribution in [0, 0.1) is 13.8 Å². The Morgan fingerprint density at radius 3 is 2.42 bits per heavy atom. The zero-order chi connectivity index (χ0) is 23.4. The molecule has 33 heavy (non-hydrogen) atoms. The van der Waals surface area contributed by atoms with Crippen LogP contribution in [0.3, 0.4) is 0 Å². The van der Waals surface area contributed by atoms with Crippen molar-refractivity contribution in [1.29, 1.82) is 0 Å². The van der Waals surface area contributed by atoms with Crippen molar-refractivity contribution < 1.29 is 19.1 Å². The van der Waals surface area contributed by atoms with Gasteiger partial charge in [0, 0.05) is 18.3 Å². The van der Waals surface area contributed by atoms with E-state index in [2.05, 4.69) is 12.2 Å². The highest BCUT2D eigenvalue weighted by molar-refractivity contribution is 6.36. The van der Waals surface area contributed by atoms with Crippen LogP contribution in [0.5, 0.6) is 11.5 Å². The first-order chi connectivity index (χ1) is 16.0. The summed E-state index contributed by atoms with van der Waals surface area (Å²) >= 11 is 0. The molecule has 0 fully saturated rings. The molecule has 2 amide bonds. The molecule has 174 valence electrons. The Morgan fingerprint density at radius 1 is 0.879 bits per heavy atom. The third-order valence-corrected chi connectivity index (χ3v) is 6.20. The van der Waals surface area contributed by atoms with E-state index in [-0.39, 0.29) is 18.6 Å². The Balaban J connectivity index is 1.60. The first-order valence-electron chi connectivity index (χ1n) is 11.8. The van der Waals surface area contributed by atoms with E-state index in [4.69, 9.17) is 9.47 Å². The van der Waals surface area contributed by atoms with Crippen molar-refractivity contribution in [2.75, 3.05) is 18.7 Å². The van der Waals surface area contributed by atoms with E-state index in [0.717, 1.165) is 36.0 Å². The second-order valence-corrected chi connectivity index (χ2v) is 8.79. The van der Waals surface area contributed by atoms with Crippen LogP contribution in [0.15, 0.2) is 42.1 Å². The molecular formula is C27H32N2O4. The quantitative estimate of drug-likeness (QED) is 0.379. The fourth-order valence-electron chi connectivity index (χ4n) is 4.41. The molecule has 4 rings (SSSR count). The molecule has 2 aromatic carbocycles. The molecule has 6 heteroatoms. The van der Waals surface area contributed by atoms with Gasteiger partial charge in [0.05, 0.1) is 5.57 Å². The number of fused-ring (bicyclic) bond motifs is 1. The van der Waals surface area contributed by atoms with Crippen LogP contribution in [-0.4, -0.2) is 30.1 Å². The van der Waals surface area contributed by atoms with Gasteiger partial charge in [-0.25, -0.2) is 0 Å². The normalized spacial score (nSPS) is 15.1. The van der Waals surface area contributed by atoms with Crippen molar-refractivity contribution >= 4 is 23.1 Å². The molecule has 0 aromatic heterocycles. The number of aryl methyl sites for hydroxylation is 2. The highest BCUT2D eigenvalue weighted by Crippen LogP contribution is 2.37. The van der Waals surface area contributed by atoms with Crippen molar-refractivity contribution in [2.24, 2.45) is 0 Å². The van der Waals surface area contributed by atoms with Crippen LogP contribution >= 0.6 is 0 Å². The number of carbonyl (C=O) groups excluding carboxylic acids is 2. The van der Waals surface area contributed by atoms with Crippen molar-refractivity contribution in [3.8, 4) is 11.5 Å². The molecule has 2 heterocycles. The van der Waals surface area contributed by atoms with Gasteiger partial charge in [0.25, 0.3) is 11.8 Å². The average molecular weight is 449 g/mol. The lowest BCUT2D eigenvalue weighted by molar-refractivity contribution is -0.136. The second-order valence-electron chi connectivity index (χ2n) is 8.79. The summed E-state index contributed by atoms with van der Waals surface area (Å²) in [7, 11) is 0. The number of carbonyl (C=O) groups is 2. The van der Waals surface area contributed by atoms with Crippen molar-refractivity contribution in [1.82, 2.24) is 4.90 Å². The summed E-state index contributed by atoms with van der Waals surface area (Å²) in [6, 6.07) is 11.4. The molecule has 0 radical (unpaired) electrons. The number of benzene rings is 2.